The van der Waals surface area contributed by atoms with Gasteiger partial charge in [0.05, 0.1) is 0 Å². The number of aryl methyl sites for hydroxylation is 2. The van der Waals surface area contributed by atoms with Crippen molar-refractivity contribution in [3.05, 3.63) is 68.8 Å². The Bertz CT molecular complexity index is 826. The molecule has 0 fully saturated rings. The van der Waals surface area contributed by atoms with Crippen LogP contribution in [0.3, 0.4) is 0 Å². The van der Waals surface area contributed by atoms with Crippen molar-refractivity contribution in [2.45, 2.75) is 105 Å². The van der Waals surface area contributed by atoms with Gasteiger partial charge in [0.2, 0.25) is 0 Å². The van der Waals surface area contributed by atoms with E-state index in [4.69, 9.17) is 27.1 Å². The van der Waals surface area contributed by atoms with Gasteiger partial charge in [0.1, 0.15) is 0 Å². The normalized spacial score (nSPS) is 14.2. The van der Waals surface area contributed by atoms with Crippen LogP contribution in [0.4, 0.5) is 0 Å². The predicted octanol–water partition coefficient (Wildman–Crippen LogP) is 7.26. The molecule has 34 heavy (non-hydrogen) atoms. The number of hydrogen-bond donors (Lipinski definition) is 2. The Kier molecular flexibility index (Phi) is 10.4. The van der Waals surface area contributed by atoms with E-state index < -0.39 is 0 Å². The number of benzene rings is 2. The first-order valence-electron chi connectivity index (χ1n) is 12.9. The van der Waals surface area contributed by atoms with Gasteiger partial charge in [-0.3, -0.25) is 0 Å². The minimum absolute atomic E-state index is 0.136. The van der Waals surface area contributed by atoms with E-state index in [1.54, 1.807) is 0 Å². The molecule has 0 radical (unpaired) electrons. The van der Waals surface area contributed by atoms with Crippen LogP contribution in [0, 0.1) is 13.8 Å². The Morgan fingerprint density at radius 3 is 1.03 bits per heavy atom. The van der Waals surface area contributed by atoms with Crippen LogP contribution in [-0.2, 0) is 15.7 Å². The molecule has 4 heteroatoms. The molecular formula is C30H48N3Ni. The third-order valence-corrected chi connectivity index (χ3v) is 7.13. The SMILES string of the molecule is Cc1cc(C(C)C)c(C(N)C[N]([Ni])CC(N)c2c(C(C)C)cc(C)cc2C(C)C)c(C(C)C)c1. The van der Waals surface area contributed by atoms with E-state index in [-0.39, 0.29) is 12.1 Å². The first kappa shape index (κ1) is 29.0. The molecule has 4 N–H and O–H groups in total. The van der Waals surface area contributed by atoms with E-state index in [1.807, 2.05) is 3.98 Å². The number of hydrogen-bond acceptors (Lipinski definition) is 3. The Hall–Kier alpha value is -1.19. The van der Waals surface area contributed by atoms with Gasteiger partial charge < -0.3 is 0 Å². The molecule has 0 aliphatic carbocycles. The van der Waals surface area contributed by atoms with Gasteiger partial charge in [0, 0.05) is 0 Å². The molecule has 0 bridgehead atoms. The van der Waals surface area contributed by atoms with E-state index in [1.165, 1.54) is 44.5 Å². The van der Waals surface area contributed by atoms with Crippen molar-refractivity contribution < 1.29 is 15.7 Å². The molecule has 0 spiro atoms. The summed E-state index contributed by atoms with van der Waals surface area (Å²) in [6.07, 6.45) is 0. The van der Waals surface area contributed by atoms with Crippen molar-refractivity contribution in [1.82, 2.24) is 3.98 Å². The van der Waals surface area contributed by atoms with Crippen LogP contribution >= 0.6 is 0 Å². The number of nitrogens with zero attached hydrogens (tertiary/aromatic N) is 1. The predicted molar refractivity (Wildman–Crippen MR) is 144 cm³/mol. The number of nitrogens with two attached hydrogens (primary N) is 2. The van der Waals surface area contributed by atoms with E-state index in [0.29, 0.717) is 36.8 Å². The Balaban J connectivity index is 2.35. The fourth-order valence-electron chi connectivity index (χ4n) is 5.14. The second-order valence-electron chi connectivity index (χ2n) is 11.3. The molecule has 0 heterocycles. The summed E-state index contributed by atoms with van der Waals surface area (Å²) in [6, 6.07) is 8.91. The summed E-state index contributed by atoms with van der Waals surface area (Å²) in [6.45, 7) is 23.6. The second-order valence-corrected chi connectivity index (χ2v) is 12.0. The quantitative estimate of drug-likeness (QED) is 0.332. The summed E-state index contributed by atoms with van der Waals surface area (Å²) in [5, 5.41) is 0. The zero-order valence-corrected chi connectivity index (χ0v) is 24.1. The van der Waals surface area contributed by atoms with E-state index in [0.717, 1.165) is 0 Å². The second kappa shape index (κ2) is 12.2. The first-order valence-corrected chi connectivity index (χ1v) is 13.4. The fraction of sp³-hybridized carbons (Fsp3) is 0.600. The maximum absolute atomic E-state index is 6.87. The van der Waals surface area contributed by atoms with Gasteiger partial charge in [0.25, 0.3) is 0 Å². The standard InChI is InChI=1S/C30H48N3.Ni/c1-17(2)23-11-21(9)12-24(18(3)4)29(23)27(31)15-33-16-28(32)30-25(19(5)6)13-22(10)14-26(30)20(7)8;/h11-14,17-20,27-28H,15-16,31-32H2,1-10H3;/q-1;+1. The summed E-state index contributed by atoms with van der Waals surface area (Å²) >= 11 is 5.48. The summed E-state index contributed by atoms with van der Waals surface area (Å²) in [5.41, 5.74) is 24.3. The molecule has 2 aromatic carbocycles. The van der Waals surface area contributed by atoms with E-state index in [9.17, 15) is 0 Å². The zero-order valence-electron chi connectivity index (χ0n) is 23.1. The molecule has 2 atom stereocenters. The van der Waals surface area contributed by atoms with Gasteiger partial charge in [-0.1, -0.05) is 0 Å². The molecule has 2 unspecified atom stereocenters. The molecule has 2 rings (SSSR count). The molecule has 0 aliphatic heterocycles. The molecular weight excluding hydrogens is 461 g/mol. The van der Waals surface area contributed by atoms with E-state index in [2.05, 4.69) is 93.5 Å². The first-order chi connectivity index (χ1) is 15.7. The van der Waals surface area contributed by atoms with Crippen LogP contribution in [-0.4, -0.2) is 17.1 Å². The molecule has 3 nitrogen and oxygen atoms in total. The average molecular weight is 509 g/mol. The molecule has 2 aromatic rings. The third-order valence-electron chi connectivity index (χ3n) is 6.77. The van der Waals surface area contributed by atoms with Crippen LogP contribution < -0.4 is 11.5 Å². The molecule has 0 amide bonds. The van der Waals surface area contributed by atoms with Crippen molar-refractivity contribution in [3.63, 3.8) is 0 Å². The maximum atomic E-state index is 6.87. The Labute approximate surface area is 217 Å². The van der Waals surface area contributed by atoms with E-state index >= 15 is 0 Å². The topological polar surface area (TPSA) is 55.3 Å². The fourth-order valence-corrected chi connectivity index (χ4v) is 5.52. The van der Waals surface area contributed by atoms with Crippen molar-refractivity contribution in [2.75, 3.05) is 13.1 Å². The average Bonchev–Trinajstić information content (AvgIpc) is 2.71. The summed E-state index contributed by atoms with van der Waals surface area (Å²) < 4.78 is 1.96. The van der Waals surface area contributed by atoms with Gasteiger partial charge in [-0.25, -0.2) is 0 Å². The summed E-state index contributed by atoms with van der Waals surface area (Å²) in [5.74, 6) is 1.66. The Morgan fingerprint density at radius 2 is 0.824 bits per heavy atom. The van der Waals surface area contributed by atoms with Gasteiger partial charge in [-0.15, -0.1) is 0 Å². The minimum atomic E-state index is -0.136. The van der Waals surface area contributed by atoms with Crippen molar-refractivity contribution in [1.29, 1.82) is 0 Å². The van der Waals surface area contributed by atoms with Crippen LogP contribution in [0.5, 0.6) is 0 Å². The van der Waals surface area contributed by atoms with Gasteiger partial charge in [-0.05, 0) is 0 Å². The van der Waals surface area contributed by atoms with Crippen molar-refractivity contribution >= 4 is 0 Å². The van der Waals surface area contributed by atoms with Crippen LogP contribution in [0.1, 0.15) is 136 Å². The molecule has 0 aliphatic rings. The summed E-state index contributed by atoms with van der Waals surface area (Å²) in [7, 11) is 0. The third kappa shape index (κ3) is 6.94. The Morgan fingerprint density at radius 1 is 0.588 bits per heavy atom. The molecule has 0 saturated heterocycles. The van der Waals surface area contributed by atoms with Crippen molar-refractivity contribution in [2.24, 2.45) is 11.5 Å². The zero-order chi connectivity index (χ0) is 25.9. The molecule has 0 aromatic heterocycles. The molecule has 0 saturated carbocycles. The van der Waals surface area contributed by atoms with Gasteiger partial charge in [0.15, 0.2) is 0 Å². The van der Waals surface area contributed by atoms with Crippen LogP contribution in [0.25, 0.3) is 0 Å². The monoisotopic (exact) mass is 508 g/mol. The van der Waals surface area contributed by atoms with Crippen LogP contribution in [0.15, 0.2) is 24.3 Å². The van der Waals surface area contributed by atoms with Gasteiger partial charge in [-0.2, -0.15) is 0 Å². The van der Waals surface area contributed by atoms with Crippen molar-refractivity contribution in [3.8, 4) is 0 Å². The van der Waals surface area contributed by atoms with Gasteiger partial charge >= 0.3 is 218 Å². The molecule has 193 valence electrons. The number of rotatable bonds is 10. The summed E-state index contributed by atoms with van der Waals surface area (Å²) in [4.78, 5) is 0. The van der Waals surface area contributed by atoms with Crippen LogP contribution in [0.2, 0.25) is 0 Å².